The van der Waals surface area contributed by atoms with Crippen molar-refractivity contribution in [3.8, 4) is 5.75 Å². The van der Waals surface area contributed by atoms with Crippen molar-refractivity contribution in [2.24, 2.45) is 0 Å². The molecule has 2 aromatic rings. The number of unbranched alkanes of at least 4 members (excludes halogenated alkanes) is 1. The highest BCUT2D eigenvalue weighted by atomic mass is 35.5. The fraction of sp³-hybridized carbons (Fsp3) is 0.300. The van der Waals surface area contributed by atoms with Crippen molar-refractivity contribution in [1.29, 1.82) is 0 Å². The number of ketones is 1. The first-order chi connectivity index (χ1) is 12.0. The third-order valence-corrected chi connectivity index (χ3v) is 4.79. The molecule has 0 saturated heterocycles. The SMILES string of the molecule is Cc1cc(OCCCCN2C(=O)C(=O)c3cccc(C)c32)ccc1Cl. The third-order valence-electron chi connectivity index (χ3n) is 4.37. The fourth-order valence-corrected chi connectivity index (χ4v) is 3.14. The molecule has 0 fully saturated rings. The standard InChI is InChI=1S/C20H20ClNO3/c1-13-6-5-7-16-18(13)22(20(24)19(16)23)10-3-4-11-25-15-8-9-17(21)14(2)12-15/h5-9,12H,3-4,10-11H2,1-2H3. The van der Waals surface area contributed by atoms with Gasteiger partial charge in [-0.05, 0) is 62.1 Å². The minimum atomic E-state index is -0.432. The summed E-state index contributed by atoms with van der Waals surface area (Å²) in [5, 5.41) is 0.721. The van der Waals surface area contributed by atoms with Crippen LogP contribution in [-0.4, -0.2) is 24.8 Å². The van der Waals surface area contributed by atoms with Crippen molar-refractivity contribution in [3.05, 3.63) is 58.1 Å². The van der Waals surface area contributed by atoms with Gasteiger partial charge in [-0.2, -0.15) is 0 Å². The second kappa shape index (κ2) is 7.28. The number of carbonyl (C=O) groups is 2. The smallest absolute Gasteiger partial charge is 0.299 e. The van der Waals surface area contributed by atoms with Crippen LogP contribution in [-0.2, 0) is 4.79 Å². The van der Waals surface area contributed by atoms with Crippen LogP contribution in [0.15, 0.2) is 36.4 Å². The lowest BCUT2D eigenvalue weighted by Gasteiger charge is -2.18. The van der Waals surface area contributed by atoms with Crippen molar-refractivity contribution in [2.45, 2.75) is 26.7 Å². The summed E-state index contributed by atoms with van der Waals surface area (Å²) in [5.41, 5.74) is 3.20. The molecule has 0 spiro atoms. The lowest BCUT2D eigenvalue weighted by Crippen LogP contribution is -2.31. The molecule has 25 heavy (non-hydrogen) atoms. The van der Waals surface area contributed by atoms with Gasteiger partial charge in [0, 0.05) is 11.6 Å². The van der Waals surface area contributed by atoms with Crippen LogP contribution in [0.25, 0.3) is 0 Å². The lowest BCUT2D eigenvalue weighted by atomic mass is 10.1. The normalized spacial score (nSPS) is 13.3. The summed E-state index contributed by atoms with van der Waals surface area (Å²) in [7, 11) is 0. The Morgan fingerprint density at radius 2 is 1.84 bits per heavy atom. The van der Waals surface area contributed by atoms with E-state index in [4.69, 9.17) is 16.3 Å². The van der Waals surface area contributed by atoms with Crippen molar-refractivity contribution < 1.29 is 14.3 Å². The molecule has 0 saturated carbocycles. The number of hydrogen-bond acceptors (Lipinski definition) is 3. The van der Waals surface area contributed by atoms with Crippen LogP contribution in [0.3, 0.4) is 0 Å². The Kier molecular flexibility index (Phi) is 5.09. The number of hydrogen-bond donors (Lipinski definition) is 0. The molecule has 4 nitrogen and oxygen atoms in total. The van der Waals surface area contributed by atoms with E-state index < -0.39 is 11.7 Å². The number of rotatable bonds is 6. The van der Waals surface area contributed by atoms with E-state index in [2.05, 4.69) is 0 Å². The minimum Gasteiger partial charge on any atom is -0.494 e. The van der Waals surface area contributed by atoms with Crippen molar-refractivity contribution in [1.82, 2.24) is 0 Å². The van der Waals surface area contributed by atoms with Crippen LogP contribution in [0.2, 0.25) is 5.02 Å². The molecule has 130 valence electrons. The summed E-state index contributed by atoms with van der Waals surface area (Å²) in [6.45, 7) is 4.93. The summed E-state index contributed by atoms with van der Waals surface area (Å²) in [4.78, 5) is 25.9. The zero-order chi connectivity index (χ0) is 18.0. The number of carbonyl (C=O) groups excluding carboxylic acids is 2. The van der Waals surface area contributed by atoms with E-state index in [0.717, 1.165) is 40.4 Å². The Labute approximate surface area is 152 Å². The Morgan fingerprint density at radius 3 is 2.60 bits per heavy atom. The van der Waals surface area contributed by atoms with Crippen LogP contribution in [0, 0.1) is 13.8 Å². The van der Waals surface area contributed by atoms with Crippen LogP contribution < -0.4 is 9.64 Å². The number of amides is 1. The molecule has 1 aliphatic heterocycles. The average Bonchev–Trinajstić information content (AvgIpc) is 2.84. The van der Waals surface area contributed by atoms with Gasteiger partial charge in [-0.1, -0.05) is 23.7 Å². The Morgan fingerprint density at radius 1 is 1.04 bits per heavy atom. The van der Waals surface area contributed by atoms with Crippen LogP contribution in [0.4, 0.5) is 5.69 Å². The average molecular weight is 358 g/mol. The van der Waals surface area contributed by atoms with Gasteiger partial charge in [0.1, 0.15) is 5.75 Å². The molecule has 1 amide bonds. The summed E-state index contributed by atoms with van der Waals surface area (Å²) in [5.74, 6) is -0.0550. The number of aryl methyl sites for hydroxylation is 2. The third kappa shape index (κ3) is 3.54. The number of ether oxygens (including phenoxy) is 1. The Hall–Kier alpha value is -2.33. The van der Waals surface area contributed by atoms with Crippen molar-refractivity contribution in [2.75, 3.05) is 18.1 Å². The first-order valence-corrected chi connectivity index (χ1v) is 8.71. The van der Waals surface area contributed by atoms with E-state index in [0.29, 0.717) is 18.7 Å². The number of para-hydroxylation sites is 1. The molecule has 3 rings (SSSR count). The first kappa shape index (κ1) is 17.5. The predicted octanol–water partition coefficient (Wildman–Crippen LogP) is 4.35. The van der Waals surface area contributed by atoms with Crippen LogP contribution in [0.5, 0.6) is 5.75 Å². The number of nitrogens with zero attached hydrogens (tertiary/aromatic N) is 1. The molecule has 1 aliphatic rings. The molecule has 0 radical (unpaired) electrons. The van der Waals surface area contributed by atoms with Gasteiger partial charge in [-0.15, -0.1) is 0 Å². The monoisotopic (exact) mass is 357 g/mol. The maximum Gasteiger partial charge on any atom is 0.299 e. The van der Waals surface area contributed by atoms with Gasteiger partial charge in [0.15, 0.2) is 0 Å². The zero-order valence-corrected chi connectivity index (χ0v) is 15.1. The quantitative estimate of drug-likeness (QED) is 0.570. The molecule has 2 aromatic carbocycles. The van der Waals surface area contributed by atoms with Gasteiger partial charge in [0.05, 0.1) is 17.9 Å². The molecule has 0 aliphatic carbocycles. The van der Waals surface area contributed by atoms with Gasteiger partial charge in [0.25, 0.3) is 11.7 Å². The van der Waals surface area contributed by atoms with E-state index in [1.807, 2.05) is 44.2 Å². The molecule has 0 unspecified atom stereocenters. The molecular weight excluding hydrogens is 338 g/mol. The zero-order valence-electron chi connectivity index (χ0n) is 14.3. The molecule has 5 heteroatoms. The van der Waals surface area contributed by atoms with Gasteiger partial charge in [-0.25, -0.2) is 0 Å². The second-order valence-corrected chi connectivity index (χ2v) is 6.63. The fourth-order valence-electron chi connectivity index (χ4n) is 3.02. The van der Waals surface area contributed by atoms with Gasteiger partial charge >= 0.3 is 0 Å². The Bertz CT molecular complexity index is 832. The van der Waals surface area contributed by atoms with Crippen molar-refractivity contribution >= 4 is 29.0 Å². The largest absolute Gasteiger partial charge is 0.494 e. The number of Topliss-reactive ketones (excluding diaryl/α,β-unsaturated/α-hetero) is 1. The molecule has 0 aromatic heterocycles. The van der Waals surface area contributed by atoms with E-state index in [1.165, 1.54) is 0 Å². The number of fused-ring (bicyclic) bond motifs is 1. The maximum atomic E-state index is 12.2. The highest BCUT2D eigenvalue weighted by molar-refractivity contribution is 6.52. The minimum absolute atomic E-state index is 0.411. The molecule has 0 atom stereocenters. The number of halogens is 1. The molecule has 0 bridgehead atoms. The molecule has 1 heterocycles. The summed E-state index contributed by atoms with van der Waals surface area (Å²) in [6.07, 6.45) is 1.56. The summed E-state index contributed by atoms with van der Waals surface area (Å²) >= 11 is 6.00. The van der Waals surface area contributed by atoms with E-state index in [9.17, 15) is 9.59 Å². The predicted molar refractivity (Wildman–Crippen MR) is 98.8 cm³/mol. The highest BCUT2D eigenvalue weighted by Crippen LogP contribution is 2.32. The number of anilines is 1. The van der Waals surface area contributed by atoms with Crippen molar-refractivity contribution in [3.63, 3.8) is 0 Å². The molecular formula is C20H20ClNO3. The van der Waals surface area contributed by atoms with Gasteiger partial charge in [-0.3, -0.25) is 9.59 Å². The van der Waals surface area contributed by atoms with E-state index >= 15 is 0 Å². The topological polar surface area (TPSA) is 46.6 Å². The maximum absolute atomic E-state index is 12.2. The summed E-state index contributed by atoms with van der Waals surface area (Å²) < 4.78 is 5.72. The van der Waals surface area contributed by atoms with Crippen LogP contribution in [0.1, 0.15) is 34.3 Å². The van der Waals surface area contributed by atoms with E-state index in [1.54, 1.807) is 11.0 Å². The van der Waals surface area contributed by atoms with Crippen LogP contribution >= 0.6 is 11.6 Å². The number of benzene rings is 2. The highest BCUT2D eigenvalue weighted by Gasteiger charge is 2.36. The first-order valence-electron chi connectivity index (χ1n) is 8.34. The molecule has 0 N–H and O–H groups in total. The second-order valence-electron chi connectivity index (χ2n) is 6.22. The van der Waals surface area contributed by atoms with Gasteiger partial charge in [0.2, 0.25) is 0 Å². The Balaban J connectivity index is 1.54. The summed E-state index contributed by atoms with van der Waals surface area (Å²) in [6, 6.07) is 11.0. The van der Waals surface area contributed by atoms with E-state index in [-0.39, 0.29) is 0 Å². The lowest BCUT2D eigenvalue weighted by molar-refractivity contribution is -0.114. The van der Waals surface area contributed by atoms with Gasteiger partial charge < -0.3 is 9.64 Å².